The molecule has 0 aliphatic heterocycles. The first-order chi connectivity index (χ1) is 8.13. The van der Waals surface area contributed by atoms with Gasteiger partial charge in [0.1, 0.15) is 0 Å². The van der Waals surface area contributed by atoms with Gasteiger partial charge in [-0.15, -0.1) is 11.3 Å². The van der Waals surface area contributed by atoms with E-state index in [1.807, 2.05) is 0 Å². The molecule has 1 aromatic carbocycles. The van der Waals surface area contributed by atoms with E-state index in [9.17, 15) is 0 Å². The summed E-state index contributed by atoms with van der Waals surface area (Å²) in [6.45, 7) is 1.97. The maximum Gasteiger partial charge on any atom is 0.0701 e. The van der Waals surface area contributed by atoms with Gasteiger partial charge in [0.15, 0.2) is 0 Å². The molecule has 0 saturated heterocycles. The summed E-state index contributed by atoms with van der Waals surface area (Å²) in [5.41, 5.74) is 1.34. The highest BCUT2D eigenvalue weighted by molar-refractivity contribution is 9.11. The molecule has 1 nitrogen and oxygen atoms in total. The summed E-state index contributed by atoms with van der Waals surface area (Å²) in [4.78, 5) is 3.71. The molecule has 17 heavy (non-hydrogen) atoms. The molecule has 0 bridgehead atoms. The molecule has 0 saturated carbocycles. The van der Waals surface area contributed by atoms with Crippen molar-refractivity contribution in [3.8, 4) is 0 Å². The normalized spacial score (nSPS) is 11.1. The lowest BCUT2D eigenvalue weighted by Crippen LogP contribution is -2.16. The monoisotopic (exact) mass is 373 g/mol. The molecule has 0 spiro atoms. The van der Waals surface area contributed by atoms with E-state index < -0.39 is 0 Å². The standard InChI is InChI=1S/C13H13Br2NS/c1-16(9-12-6-7-13(15)17-12)8-10-2-4-11(14)5-3-10/h2-7H,8-9H2,1H3. The van der Waals surface area contributed by atoms with E-state index in [2.05, 4.69) is 80.2 Å². The molecule has 0 fully saturated rings. The van der Waals surface area contributed by atoms with Gasteiger partial charge in [-0.25, -0.2) is 0 Å². The average molecular weight is 375 g/mol. The van der Waals surface area contributed by atoms with Crippen molar-refractivity contribution in [1.82, 2.24) is 4.90 Å². The molecule has 0 amide bonds. The second-order valence-corrected chi connectivity index (χ2v) is 7.47. The molecule has 0 radical (unpaired) electrons. The second-order valence-electron chi connectivity index (χ2n) is 4.00. The van der Waals surface area contributed by atoms with Gasteiger partial charge in [0.25, 0.3) is 0 Å². The highest BCUT2D eigenvalue weighted by atomic mass is 79.9. The van der Waals surface area contributed by atoms with E-state index in [4.69, 9.17) is 0 Å². The smallest absolute Gasteiger partial charge is 0.0701 e. The van der Waals surface area contributed by atoms with E-state index in [-0.39, 0.29) is 0 Å². The van der Waals surface area contributed by atoms with Crippen LogP contribution in [0.1, 0.15) is 10.4 Å². The Morgan fingerprint density at radius 3 is 2.29 bits per heavy atom. The Kier molecular flexibility index (Phi) is 4.79. The predicted molar refractivity (Wildman–Crippen MR) is 81.3 cm³/mol. The zero-order valence-electron chi connectivity index (χ0n) is 9.49. The van der Waals surface area contributed by atoms with Gasteiger partial charge in [-0.1, -0.05) is 28.1 Å². The molecule has 0 aliphatic carbocycles. The topological polar surface area (TPSA) is 3.24 Å². The Morgan fingerprint density at radius 1 is 1.00 bits per heavy atom. The van der Waals surface area contributed by atoms with Gasteiger partial charge >= 0.3 is 0 Å². The third-order valence-electron chi connectivity index (χ3n) is 2.42. The Hall–Kier alpha value is -0.160. The first-order valence-electron chi connectivity index (χ1n) is 5.31. The van der Waals surface area contributed by atoms with Gasteiger partial charge in [-0.2, -0.15) is 0 Å². The summed E-state index contributed by atoms with van der Waals surface area (Å²) in [6, 6.07) is 12.8. The minimum atomic E-state index is 0.975. The van der Waals surface area contributed by atoms with Crippen molar-refractivity contribution >= 4 is 43.2 Å². The van der Waals surface area contributed by atoms with E-state index in [0.29, 0.717) is 0 Å². The number of nitrogens with zero attached hydrogens (tertiary/aromatic N) is 1. The van der Waals surface area contributed by atoms with Crippen LogP contribution in [0.25, 0.3) is 0 Å². The summed E-state index contributed by atoms with van der Waals surface area (Å²) >= 11 is 8.74. The summed E-state index contributed by atoms with van der Waals surface area (Å²) in [7, 11) is 2.15. The Balaban J connectivity index is 1.93. The molecule has 0 aliphatic rings. The SMILES string of the molecule is CN(Cc1ccc(Br)cc1)Cc1ccc(Br)s1. The second kappa shape index (κ2) is 6.14. The van der Waals surface area contributed by atoms with Crippen molar-refractivity contribution in [2.45, 2.75) is 13.1 Å². The van der Waals surface area contributed by atoms with Crippen LogP contribution in [0, 0.1) is 0 Å². The van der Waals surface area contributed by atoms with Gasteiger partial charge in [0.2, 0.25) is 0 Å². The van der Waals surface area contributed by atoms with Crippen LogP contribution in [0.3, 0.4) is 0 Å². The maximum atomic E-state index is 3.49. The molecule has 4 heteroatoms. The lowest BCUT2D eigenvalue weighted by atomic mass is 10.2. The van der Waals surface area contributed by atoms with Crippen molar-refractivity contribution < 1.29 is 0 Å². The number of benzene rings is 1. The van der Waals surface area contributed by atoms with Crippen molar-refractivity contribution in [3.05, 3.63) is 55.1 Å². The molecule has 0 N–H and O–H groups in total. The molecule has 0 atom stereocenters. The van der Waals surface area contributed by atoms with E-state index in [1.54, 1.807) is 11.3 Å². The van der Waals surface area contributed by atoms with Crippen LogP contribution in [-0.4, -0.2) is 11.9 Å². The average Bonchev–Trinajstić information content (AvgIpc) is 2.67. The lowest BCUT2D eigenvalue weighted by molar-refractivity contribution is 0.322. The molecule has 2 rings (SSSR count). The molecule has 0 unspecified atom stereocenters. The minimum absolute atomic E-state index is 0.975. The van der Waals surface area contributed by atoms with Crippen LogP contribution < -0.4 is 0 Å². The summed E-state index contributed by atoms with van der Waals surface area (Å²) in [6.07, 6.45) is 0. The Labute approximate surface area is 123 Å². The predicted octanol–water partition coefficient (Wildman–Crippen LogP) is 4.91. The van der Waals surface area contributed by atoms with Crippen molar-refractivity contribution in [3.63, 3.8) is 0 Å². The molecule has 1 heterocycles. The molecule has 90 valence electrons. The van der Waals surface area contributed by atoms with Crippen LogP contribution in [0.15, 0.2) is 44.7 Å². The number of thiophene rings is 1. The van der Waals surface area contributed by atoms with E-state index in [1.165, 1.54) is 14.2 Å². The van der Waals surface area contributed by atoms with Gasteiger partial charge in [0, 0.05) is 22.4 Å². The number of hydrogen-bond donors (Lipinski definition) is 0. The quantitative estimate of drug-likeness (QED) is 0.735. The fraction of sp³-hybridized carbons (Fsp3) is 0.231. The summed E-state index contributed by atoms with van der Waals surface area (Å²) < 4.78 is 2.33. The molecular weight excluding hydrogens is 362 g/mol. The molecule has 2 aromatic rings. The van der Waals surface area contributed by atoms with Crippen molar-refractivity contribution in [2.24, 2.45) is 0 Å². The first-order valence-corrected chi connectivity index (χ1v) is 7.71. The van der Waals surface area contributed by atoms with Crippen LogP contribution in [-0.2, 0) is 13.1 Å². The molecule has 1 aromatic heterocycles. The van der Waals surface area contributed by atoms with E-state index in [0.717, 1.165) is 17.6 Å². The number of halogens is 2. The zero-order valence-corrected chi connectivity index (χ0v) is 13.5. The minimum Gasteiger partial charge on any atom is -0.297 e. The van der Waals surface area contributed by atoms with Crippen molar-refractivity contribution in [2.75, 3.05) is 7.05 Å². The summed E-state index contributed by atoms with van der Waals surface area (Å²) in [5.74, 6) is 0. The third-order valence-corrected chi connectivity index (χ3v) is 4.56. The Bertz CT molecular complexity index is 478. The zero-order chi connectivity index (χ0) is 12.3. The number of hydrogen-bond acceptors (Lipinski definition) is 2. The number of rotatable bonds is 4. The van der Waals surface area contributed by atoms with Crippen LogP contribution in [0.4, 0.5) is 0 Å². The van der Waals surface area contributed by atoms with Gasteiger partial charge in [0.05, 0.1) is 3.79 Å². The van der Waals surface area contributed by atoms with Crippen LogP contribution in [0.2, 0.25) is 0 Å². The van der Waals surface area contributed by atoms with Gasteiger partial charge in [-0.05, 0) is 52.8 Å². The molecular formula is C13H13Br2NS. The Morgan fingerprint density at radius 2 is 1.71 bits per heavy atom. The first kappa shape index (κ1) is 13.3. The summed E-state index contributed by atoms with van der Waals surface area (Å²) in [5, 5.41) is 0. The van der Waals surface area contributed by atoms with Crippen LogP contribution >= 0.6 is 43.2 Å². The highest BCUT2D eigenvalue weighted by Crippen LogP contribution is 2.23. The highest BCUT2D eigenvalue weighted by Gasteiger charge is 2.04. The van der Waals surface area contributed by atoms with Crippen molar-refractivity contribution in [1.29, 1.82) is 0 Å². The fourth-order valence-electron chi connectivity index (χ4n) is 1.66. The lowest BCUT2D eigenvalue weighted by Gasteiger charge is -2.15. The maximum absolute atomic E-state index is 3.49. The van der Waals surface area contributed by atoms with Gasteiger partial charge in [-0.3, -0.25) is 4.90 Å². The van der Waals surface area contributed by atoms with Gasteiger partial charge < -0.3 is 0 Å². The largest absolute Gasteiger partial charge is 0.297 e. The van der Waals surface area contributed by atoms with E-state index >= 15 is 0 Å². The van der Waals surface area contributed by atoms with Crippen LogP contribution in [0.5, 0.6) is 0 Å². The fourth-order valence-corrected chi connectivity index (χ4v) is 3.49. The third kappa shape index (κ3) is 4.21.